The van der Waals surface area contributed by atoms with Crippen LogP contribution in [-0.2, 0) is 14.1 Å². The first-order valence-corrected chi connectivity index (χ1v) is 6.88. The average Bonchev–Trinajstić information content (AvgIpc) is 2.51. The van der Waals surface area contributed by atoms with E-state index in [1.165, 1.54) is 19.0 Å². The minimum Gasteiger partial charge on any atom is -0.413 e. The van der Waals surface area contributed by atoms with Crippen LogP contribution >= 0.6 is 12.2 Å². The third-order valence-corrected chi connectivity index (χ3v) is 3.84. The van der Waals surface area contributed by atoms with Crippen LogP contribution in [0.4, 0.5) is 5.69 Å². The van der Waals surface area contributed by atoms with Gasteiger partial charge in [0, 0.05) is 19.8 Å². The monoisotopic (exact) mass is 319 g/mol. The summed E-state index contributed by atoms with van der Waals surface area (Å²) in [5, 5.41) is 10.6. The highest BCUT2D eigenvalue weighted by Gasteiger charge is 2.36. The van der Waals surface area contributed by atoms with Gasteiger partial charge in [0.15, 0.2) is 6.23 Å². The maximum atomic E-state index is 12.3. The van der Waals surface area contributed by atoms with Gasteiger partial charge in [0.05, 0.1) is 0 Å². The molecule has 1 unspecified atom stereocenters. The largest absolute Gasteiger partial charge is 0.413 e. The number of hydrogen-bond acceptors (Lipinski definition) is 5. The van der Waals surface area contributed by atoms with Gasteiger partial charge < -0.3 is 9.84 Å². The quantitative estimate of drug-likeness (QED) is 0.760. The van der Waals surface area contributed by atoms with Gasteiger partial charge in [0.1, 0.15) is 5.56 Å². The van der Waals surface area contributed by atoms with Gasteiger partial charge in [-0.2, -0.15) is 0 Å². The number of rotatable bonds is 1. The molecular formula is C14H13N3O4S. The topological polar surface area (TPSA) is 76.7 Å². The summed E-state index contributed by atoms with van der Waals surface area (Å²) in [4.78, 5) is 25.6. The molecule has 0 spiro atoms. The van der Waals surface area contributed by atoms with E-state index in [1.54, 1.807) is 24.3 Å². The van der Waals surface area contributed by atoms with Gasteiger partial charge in [0.2, 0.25) is 5.88 Å². The van der Waals surface area contributed by atoms with Gasteiger partial charge in [-0.15, -0.1) is 0 Å². The molecule has 0 amide bonds. The SMILES string of the molecule is Cn1c2c(c(=O)n(C)c1=O)C(O)N(c1ccccc1)C(=S)O2. The van der Waals surface area contributed by atoms with Crippen molar-refractivity contribution >= 4 is 23.1 Å². The normalized spacial score (nSPS) is 17.1. The van der Waals surface area contributed by atoms with Crippen LogP contribution in [0.2, 0.25) is 0 Å². The first-order valence-electron chi connectivity index (χ1n) is 6.47. The summed E-state index contributed by atoms with van der Waals surface area (Å²) in [6, 6.07) is 8.84. The van der Waals surface area contributed by atoms with Crippen molar-refractivity contribution in [3.05, 3.63) is 56.7 Å². The maximum Gasteiger partial charge on any atom is 0.333 e. The van der Waals surface area contributed by atoms with Crippen LogP contribution in [0.3, 0.4) is 0 Å². The highest BCUT2D eigenvalue weighted by atomic mass is 32.1. The Morgan fingerprint density at radius 2 is 1.77 bits per heavy atom. The molecule has 0 fully saturated rings. The van der Waals surface area contributed by atoms with E-state index >= 15 is 0 Å². The molecule has 2 aromatic rings. The zero-order valence-electron chi connectivity index (χ0n) is 11.9. The molecule has 0 aliphatic carbocycles. The van der Waals surface area contributed by atoms with Crippen LogP contribution in [0.1, 0.15) is 11.8 Å². The third kappa shape index (κ3) is 1.96. The lowest BCUT2D eigenvalue weighted by Gasteiger charge is -2.34. The van der Waals surface area contributed by atoms with Crippen LogP contribution in [0.25, 0.3) is 0 Å². The number of hydrogen-bond donors (Lipinski definition) is 1. The zero-order valence-corrected chi connectivity index (χ0v) is 12.7. The molecule has 8 heteroatoms. The lowest BCUT2D eigenvalue weighted by molar-refractivity contribution is 0.166. The summed E-state index contributed by atoms with van der Waals surface area (Å²) in [5.74, 6) is -0.0298. The standard InChI is InChI=1S/C14H13N3O4S/c1-15-10(18)9-11(19)17(8-6-4-3-5-7-8)14(22)21-12(9)16(2)13(15)20/h3-7,11,19H,1-2H3. The average molecular weight is 319 g/mol. The summed E-state index contributed by atoms with van der Waals surface area (Å²) in [7, 11) is 2.80. The number of ether oxygens (including phenoxy) is 1. The lowest BCUT2D eigenvalue weighted by Crippen LogP contribution is -2.49. The molecule has 1 aromatic carbocycles. The fraction of sp³-hybridized carbons (Fsp3) is 0.214. The molecule has 2 heterocycles. The Bertz CT molecular complexity index is 872. The van der Waals surface area contributed by atoms with E-state index in [0.717, 1.165) is 9.13 Å². The van der Waals surface area contributed by atoms with E-state index in [0.29, 0.717) is 5.69 Å². The number of aliphatic hydroxyl groups excluding tert-OH is 1. The van der Waals surface area contributed by atoms with Crippen molar-refractivity contribution in [3.63, 3.8) is 0 Å². The van der Waals surface area contributed by atoms with E-state index < -0.39 is 17.5 Å². The number of benzene rings is 1. The van der Waals surface area contributed by atoms with Crippen molar-refractivity contribution in [2.24, 2.45) is 14.1 Å². The zero-order chi connectivity index (χ0) is 16.0. The van der Waals surface area contributed by atoms with Gasteiger partial charge in [0.25, 0.3) is 10.7 Å². The fourth-order valence-electron chi connectivity index (χ4n) is 2.39. The van der Waals surface area contributed by atoms with Crippen LogP contribution < -0.4 is 20.9 Å². The van der Waals surface area contributed by atoms with Gasteiger partial charge in [-0.05, 0) is 24.4 Å². The highest BCUT2D eigenvalue weighted by Crippen LogP contribution is 2.33. The molecule has 1 atom stereocenters. The van der Waals surface area contributed by atoms with E-state index in [4.69, 9.17) is 17.0 Å². The molecule has 0 saturated carbocycles. The van der Waals surface area contributed by atoms with Crippen LogP contribution in [0.15, 0.2) is 39.9 Å². The minimum atomic E-state index is -1.33. The van der Waals surface area contributed by atoms with Gasteiger partial charge in [-0.3, -0.25) is 18.8 Å². The first-order chi connectivity index (χ1) is 10.4. The summed E-state index contributed by atoms with van der Waals surface area (Å²) in [6.07, 6.45) is -1.33. The van der Waals surface area contributed by atoms with Crippen molar-refractivity contribution in [2.75, 3.05) is 4.90 Å². The van der Waals surface area contributed by atoms with E-state index in [2.05, 4.69) is 0 Å². The fourth-order valence-corrected chi connectivity index (χ4v) is 2.68. The first kappa shape index (κ1) is 14.5. The number of para-hydroxylation sites is 1. The summed E-state index contributed by atoms with van der Waals surface area (Å²) < 4.78 is 7.53. The number of nitrogens with zero attached hydrogens (tertiary/aromatic N) is 3. The number of fused-ring (bicyclic) bond motifs is 1. The summed E-state index contributed by atoms with van der Waals surface area (Å²) in [6.45, 7) is 0. The van der Waals surface area contributed by atoms with Crippen molar-refractivity contribution in [1.82, 2.24) is 9.13 Å². The molecule has 22 heavy (non-hydrogen) atoms. The predicted molar refractivity (Wildman–Crippen MR) is 84.0 cm³/mol. The molecule has 0 bridgehead atoms. The summed E-state index contributed by atoms with van der Waals surface area (Å²) >= 11 is 5.16. The molecule has 1 N–H and O–H groups in total. The molecule has 0 radical (unpaired) electrons. The molecule has 0 saturated heterocycles. The second-order valence-electron chi connectivity index (χ2n) is 4.87. The smallest absolute Gasteiger partial charge is 0.333 e. The van der Waals surface area contributed by atoms with Gasteiger partial charge in [-0.25, -0.2) is 4.79 Å². The Morgan fingerprint density at radius 3 is 2.41 bits per heavy atom. The van der Waals surface area contributed by atoms with Gasteiger partial charge in [-0.1, -0.05) is 18.2 Å². The van der Waals surface area contributed by atoms with Crippen LogP contribution in [0, 0.1) is 0 Å². The van der Waals surface area contributed by atoms with E-state index in [-0.39, 0.29) is 16.6 Å². The summed E-state index contributed by atoms with van der Waals surface area (Å²) in [5.41, 5.74) is -0.607. The highest BCUT2D eigenvalue weighted by molar-refractivity contribution is 7.80. The Morgan fingerprint density at radius 1 is 1.14 bits per heavy atom. The van der Waals surface area contributed by atoms with E-state index in [9.17, 15) is 14.7 Å². The number of thiocarbonyl (C=S) groups is 1. The van der Waals surface area contributed by atoms with E-state index in [1.807, 2.05) is 6.07 Å². The second kappa shape index (κ2) is 5.08. The van der Waals surface area contributed by atoms with Crippen LogP contribution in [0.5, 0.6) is 5.88 Å². The molecular weight excluding hydrogens is 306 g/mol. The molecule has 114 valence electrons. The van der Waals surface area contributed by atoms with Crippen molar-refractivity contribution in [1.29, 1.82) is 0 Å². The Labute approximate surface area is 130 Å². The predicted octanol–water partition coefficient (Wildman–Crippen LogP) is 0.259. The Hall–Kier alpha value is -2.45. The number of aromatic nitrogens is 2. The maximum absolute atomic E-state index is 12.3. The Balaban J connectivity index is 2.25. The van der Waals surface area contributed by atoms with Crippen molar-refractivity contribution in [2.45, 2.75) is 6.23 Å². The molecule has 7 nitrogen and oxygen atoms in total. The number of anilines is 1. The number of aliphatic hydroxyl groups is 1. The molecule has 1 aliphatic heterocycles. The van der Waals surface area contributed by atoms with Crippen molar-refractivity contribution in [3.8, 4) is 5.88 Å². The lowest BCUT2D eigenvalue weighted by atomic mass is 10.2. The second-order valence-corrected chi connectivity index (χ2v) is 5.22. The minimum absolute atomic E-state index is 0.0259. The third-order valence-electron chi connectivity index (χ3n) is 3.56. The Kier molecular flexibility index (Phi) is 3.34. The molecule has 1 aromatic heterocycles. The van der Waals surface area contributed by atoms with Crippen LogP contribution in [-0.4, -0.2) is 19.4 Å². The van der Waals surface area contributed by atoms with Crippen molar-refractivity contribution < 1.29 is 9.84 Å². The molecule has 3 rings (SSSR count). The van der Waals surface area contributed by atoms with Gasteiger partial charge >= 0.3 is 5.69 Å². The molecule has 1 aliphatic rings.